The zero-order valence-corrected chi connectivity index (χ0v) is 25.4. The molecule has 1 aliphatic rings. The summed E-state index contributed by atoms with van der Waals surface area (Å²) >= 11 is 8.81. The molecule has 0 saturated carbocycles. The van der Waals surface area contributed by atoms with Crippen LogP contribution in [0.25, 0.3) is 32.9 Å². The van der Waals surface area contributed by atoms with Crippen molar-refractivity contribution in [3.8, 4) is 11.1 Å². The molecule has 2 N–H and O–H groups in total. The van der Waals surface area contributed by atoms with Gasteiger partial charge in [0.2, 0.25) is 0 Å². The summed E-state index contributed by atoms with van der Waals surface area (Å²) in [7, 11) is 0. The van der Waals surface area contributed by atoms with Gasteiger partial charge < -0.3 is 19.6 Å². The van der Waals surface area contributed by atoms with Crippen LogP contribution in [0.3, 0.4) is 0 Å². The third kappa shape index (κ3) is 4.20. The minimum absolute atomic E-state index is 0.331. The molecule has 0 amide bonds. The van der Waals surface area contributed by atoms with Crippen LogP contribution in [0.1, 0.15) is 58.3 Å². The number of hydrogen-bond acceptors (Lipinski definition) is 8. The largest absolute Gasteiger partial charge is 0.424 e. The zero-order valence-electron chi connectivity index (χ0n) is 22.5. The highest BCUT2D eigenvalue weighted by atomic mass is 127. The van der Waals surface area contributed by atoms with E-state index in [1.807, 2.05) is 71.0 Å². The van der Waals surface area contributed by atoms with Crippen LogP contribution in [-0.4, -0.2) is 31.0 Å². The van der Waals surface area contributed by atoms with Crippen LogP contribution in [0.4, 0.5) is 5.82 Å². The number of ether oxygens (including phenoxy) is 2. The average molecular weight is 672 g/mol. The van der Waals surface area contributed by atoms with E-state index in [1.54, 1.807) is 10.7 Å². The van der Waals surface area contributed by atoms with Gasteiger partial charge in [-0.3, -0.25) is 0 Å². The van der Waals surface area contributed by atoms with Gasteiger partial charge in [0.25, 0.3) is 0 Å². The highest BCUT2D eigenvalue weighted by molar-refractivity contribution is 14.1. The lowest BCUT2D eigenvalue weighted by Crippen LogP contribution is -2.41. The first-order valence-electron chi connectivity index (χ1n) is 12.7. The monoisotopic (exact) mass is 671 g/mol. The van der Waals surface area contributed by atoms with Gasteiger partial charge in [0.1, 0.15) is 27.6 Å². The number of rotatable bonds is 4. The second-order valence-corrected chi connectivity index (χ2v) is 12.3. The molecule has 2 aromatic carbocycles. The van der Waals surface area contributed by atoms with Crippen molar-refractivity contribution in [1.29, 1.82) is 0 Å². The maximum absolute atomic E-state index is 13.2. The fourth-order valence-corrected chi connectivity index (χ4v) is 5.95. The molecule has 1 unspecified atom stereocenters. The predicted molar refractivity (Wildman–Crippen MR) is 162 cm³/mol. The lowest BCUT2D eigenvalue weighted by atomic mass is 9.90. The molecule has 6 rings (SSSR count). The van der Waals surface area contributed by atoms with Gasteiger partial charge in [0.15, 0.2) is 11.9 Å². The van der Waals surface area contributed by atoms with Gasteiger partial charge in [-0.2, -0.15) is 5.10 Å². The van der Waals surface area contributed by atoms with Crippen molar-refractivity contribution in [2.24, 2.45) is 0 Å². The van der Waals surface area contributed by atoms with E-state index < -0.39 is 29.2 Å². The molecule has 3 aromatic heterocycles. The van der Waals surface area contributed by atoms with E-state index in [-0.39, 0.29) is 0 Å². The molecule has 1 atom stereocenters. The standard InChI is InChI=1S/C29H27ClIN5O4/c1-14(36-25-21(23(31)35-36)24(32)33-13-34-25)22-20(16-8-6-7-9-17(16)26(37)38-22)15-10-11-19(30)18(12-15)27-39-28(2,3)29(4,5)40-27/h6-14,27H,1-5H3,(H2,32,33,34). The Morgan fingerprint density at radius 1 is 1.05 bits per heavy atom. The van der Waals surface area contributed by atoms with Crippen LogP contribution in [0, 0.1) is 3.70 Å². The highest BCUT2D eigenvalue weighted by Gasteiger charge is 2.50. The number of nitrogens with two attached hydrogens (primary N) is 1. The van der Waals surface area contributed by atoms with Gasteiger partial charge in [0.05, 0.1) is 22.0 Å². The summed E-state index contributed by atoms with van der Waals surface area (Å²) < 4.78 is 21.0. The van der Waals surface area contributed by atoms with E-state index in [0.29, 0.717) is 42.3 Å². The SMILES string of the molecule is CC(c1oc(=O)c2ccccc2c1-c1ccc(Cl)c(C2OC(C)(C)C(C)(C)O2)c1)n1nc(I)c2c(N)ncnc21. The first kappa shape index (κ1) is 27.1. The molecule has 206 valence electrons. The number of nitrogens with zero attached hydrogens (tertiary/aromatic N) is 4. The van der Waals surface area contributed by atoms with E-state index in [0.717, 1.165) is 16.5 Å². The molecule has 1 fully saturated rings. The zero-order chi connectivity index (χ0) is 28.6. The van der Waals surface area contributed by atoms with E-state index in [1.165, 1.54) is 6.33 Å². The van der Waals surface area contributed by atoms with Crippen LogP contribution in [0.5, 0.6) is 0 Å². The second kappa shape index (κ2) is 9.51. The van der Waals surface area contributed by atoms with Gasteiger partial charge in [-0.1, -0.05) is 35.9 Å². The Morgan fingerprint density at radius 3 is 2.42 bits per heavy atom. The summed E-state index contributed by atoms with van der Waals surface area (Å²) in [4.78, 5) is 21.8. The van der Waals surface area contributed by atoms with Crippen LogP contribution in [-0.2, 0) is 9.47 Å². The third-order valence-electron chi connectivity index (χ3n) is 7.88. The summed E-state index contributed by atoms with van der Waals surface area (Å²) in [5, 5.41) is 7.06. The number of nitrogen functional groups attached to an aromatic ring is 1. The summed E-state index contributed by atoms with van der Waals surface area (Å²) in [5.41, 5.74) is 7.37. The smallest absolute Gasteiger partial charge is 0.343 e. The van der Waals surface area contributed by atoms with Crippen LogP contribution < -0.4 is 11.4 Å². The number of benzene rings is 2. The van der Waals surface area contributed by atoms with Gasteiger partial charge in [-0.15, -0.1) is 0 Å². The van der Waals surface area contributed by atoms with Crippen LogP contribution >= 0.6 is 34.2 Å². The minimum atomic E-state index is -0.670. The van der Waals surface area contributed by atoms with Gasteiger partial charge >= 0.3 is 5.63 Å². The van der Waals surface area contributed by atoms with Gasteiger partial charge in [0, 0.05) is 21.5 Å². The first-order chi connectivity index (χ1) is 18.9. The molecule has 9 nitrogen and oxygen atoms in total. The maximum Gasteiger partial charge on any atom is 0.343 e. The second-order valence-electron chi connectivity index (χ2n) is 10.9. The molecule has 0 radical (unpaired) electrons. The Morgan fingerprint density at radius 2 is 1.73 bits per heavy atom. The fraction of sp³-hybridized carbons (Fsp3) is 0.310. The van der Waals surface area contributed by atoms with Gasteiger partial charge in [-0.05, 0) is 81.0 Å². The molecule has 11 heteroatoms. The number of anilines is 1. The number of fused-ring (bicyclic) bond motifs is 2. The number of aromatic nitrogens is 4. The highest BCUT2D eigenvalue weighted by Crippen LogP contribution is 2.47. The molecule has 4 heterocycles. The Bertz CT molecular complexity index is 1850. The number of halogens is 2. The average Bonchev–Trinajstić information content (AvgIpc) is 3.36. The van der Waals surface area contributed by atoms with Crippen molar-refractivity contribution in [3.05, 3.63) is 79.3 Å². The first-order valence-corrected chi connectivity index (χ1v) is 14.2. The Balaban J connectivity index is 1.58. The predicted octanol–water partition coefficient (Wildman–Crippen LogP) is 6.65. The molecule has 5 aromatic rings. The van der Waals surface area contributed by atoms with Crippen LogP contribution in [0.15, 0.2) is 58.0 Å². The molecular weight excluding hydrogens is 645 g/mol. The van der Waals surface area contributed by atoms with Crippen molar-refractivity contribution in [2.75, 3.05) is 5.73 Å². The maximum atomic E-state index is 13.2. The molecule has 0 bridgehead atoms. The summed E-state index contributed by atoms with van der Waals surface area (Å²) in [6.07, 6.45) is 0.725. The molecule has 1 saturated heterocycles. The Kier molecular flexibility index (Phi) is 6.45. The normalized spacial score (nSPS) is 17.6. The van der Waals surface area contributed by atoms with Crippen molar-refractivity contribution in [2.45, 2.75) is 58.2 Å². The van der Waals surface area contributed by atoms with E-state index in [4.69, 9.17) is 36.3 Å². The molecule has 0 aliphatic carbocycles. The van der Waals surface area contributed by atoms with E-state index in [2.05, 4.69) is 32.6 Å². The molecule has 0 spiro atoms. The van der Waals surface area contributed by atoms with Crippen molar-refractivity contribution in [3.63, 3.8) is 0 Å². The third-order valence-corrected chi connectivity index (χ3v) is 8.98. The topological polar surface area (TPSA) is 118 Å². The minimum Gasteiger partial charge on any atom is -0.424 e. The van der Waals surface area contributed by atoms with Crippen molar-refractivity contribution in [1.82, 2.24) is 19.7 Å². The molecule has 1 aliphatic heterocycles. The molecule has 40 heavy (non-hydrogen) atoms. The Hall–Kier alpha value is -3.06. The lowest BCUT2D eigenvalue weighted by molar-refractivity contribution is -0.0894. The lowest BCUT2D eigenvalue weighted by Gasteiger charge is -2.30. The van der Waals surface area contributed by atoms with Crippen molar-refractivity contribution < 1.29 is 13.9 Å². The van der Waals surface area contributed by atoms with Crippen LogP contribution in [0.2, 0.25) is 5.02 Å². The summed E-state index contributed by atoms with van der Waals surface area (Å²) in [6, 6.07) is 12.5. The summed E-state index contributed by atoms with van der Waals surface area (Å²) in [6.45, 7) is 9.89. The quantitative estimate of drug-likeness (QED) is 0.211. The Labute approximate surface area is 248 Å². The fourth-order valence-electron chi connectivity index (χ4n) is 4.99. The van der Waals surface area contributed by atoms with E-state index >= 15 is 0 Å². The van der Waals surface area contributed by atoms with Crippen molar-refractivity contribution >= 4 is 61.8 Å². The summed E-state index contributed by atoms with van der Waals surface area (Å²) in [5.74, 6) is 0.752. The van der Waals surface area contributed by atoms with Gasteiger partial charge in [-0.25, -0.2) is 19.4 Å². The van der Waals surface area contributed by atoms with E-state index in [9.17, 15) is 4.79 Å². The number of hydrogen-bond donors (Lipinski definition) is 1. The molecular formula is C29H27ClIN5O4.